The molecule has 0 unspecified atom stereocenters. The lowest BCUT2D eigenvalue weighted by Crippen LogP contribution is -2.55. The highest BCUT2D eigenvalue weighted by atomic mass is 127. The molecule has 0 bridgehead atoms. The van der Waals surface area contributed by atoms with Gasteiger partial charge >= 0.3 is 6.09 Å². The maximum absolute atomic E-state index is 11.8. The van der Waals surface area contributed by atoms with Gasteiger partial charge in [0.2, 0.25) is 0 Å². The van der Waals surface area contributed by atoms with Crippen LogP contribution in [0.4, 0.5) is 4.79 Å². The van der Waals surface area contributed by atoms with E-state index in [9.17, 15) is 4.79 Å². The molecule has 4 nitrogen and oxygen atoms in total. The van der Waals surface area contributed by atoms with Crippen molar-refractivity contribution in [2.45, 2.75) is 39.1 Å². The number of amides is 1. The third kappa shape index (κ3) is 4.63. The number of nitrogens with zero attached hydrogens (tertiary/aromatic N) is 1. The molecule has 1 aromatic rings. The zero-order valence-corrected chi connectivity index (χ0v) is 14.2. The van der Waals surface area contributed by atoms with E-state index in [1.807, 2.05) is 32.9 Å². The van der Waals surface area contributed by atoms with Gasteiger partial charge in [0.1, 0.15) is 5.60 Å². The Morgan fingerprint density at radius 1 is 1.40 bits per heavy atom. The lowest BCUT2D eigenvalue weighted by atomic mass is 10.1. The van der Waals surface area contributed by atoms with Crippen LogP contribution in [0.5, 0.6) is 0 Å². The zero-order valence-electron chi connectivity index (χ0n) is 12.1. The van der Waals surface area contributed by atoms with Crippen molar-refractivity contribution in [2.24, 2.45) is 0 Å². The lowest BCUT2D eigenvalue weighted by Gasteiger charge is -2.39. The minimum absolute atomic E-state index is 0.111. The van der Waals surface area contributed by atoms with E-state index in [2.05, 4.69) is 34.7 Å². The number of ether oxygens (including phenoxy) is 2. The molecule has 0 radical (unpaired) electrons. The summed E-state index contributed by atoms with van der Waals surface area (Å²) < 4.78 is 12.3. The van der Waals surface area contributed by atoms with Crippen LogP contribution in [0.15, 0.2) is 24.3 Å². The first kappa shape index (κ1) is 15.6. The number of likely N-dealkylation sites (tertiary alicyclic amines) is 1. The monoisotopic (exact) mass is 389 g/mol. The molecule has 5 heteroatoms. The van der Waals surface area contributed by atoms with E-state index in [0.29, 0.717) is 19.7 Å². The van der Waals surface area contributed by atoms with Gasteiger partial charge in [0, 0.05) is 3.57 Å². The molecule has 1 amide bonds. The summed E-state index contributed by atoms with van der Waals surface area (Å²) in [6.45, 7) is 7.42. The third-order valence-electron chi connectivity index (χ3n) is 2.87. The Morgan fingerprint density at radius 2 is 2.10 bits per heavy atom. The molecule has 1 aliphatic heterocycles. The topological polar surface area (TPSA) is 38.8 Å². The molecule has 110 valence electrons. The Morgan fingerprint density at radius 3 is 2.70 bits per heavy atom. The maximum atomic E-state index is 11.8. The van der Waals surface area contributed by atoms with Gasteiger partial charge in [-0.3, -0.25) is 0 Å². The van der Waals surface area contributed by atoms with Crippen LogP contribution in [0, 0.1) is 3.57 Å². The summed E-state index contributed by atoms with van der Waals surface area (Å²) in [4.78, 5) is 13.4. The number of rotatable bonds is 3. The normalized spacial score (nSPS) is 15.9. The first-order chi connectivity index (χ1) is 9.33. The minimum Gasteiger partial charge on any atom is -0.444 e. The summed E-state index contributed by atoms with van der Waals surface area (Å²) in [6, 6.07) is 8.23. The molecule has 0 saturated carbocycles. The average molecular weight is 389 g/mol. The predicted octanol–water partition coefficient (Wildman–Crippen LogP) is 3.43. The largest absolute Gasteiger partial charge is 0.444 e. The van der Waals surface area contributed by atoms with Gasteiger partial charge in [0.25, 0.3) is 0 Å². The van der Waals surface area contributed by atoms with Crippen LogP contribution in [0.3, 0.4) is 0 Å². The van der Waals surface area contributed by atoms with E-state index in [1.54, 1.807) is 4.90 Å². The highest BCUT2D eigenvalue weighted by Crippen LogP contribution is 2.18. The number of halogens is 1. The molecule has 1 aliphatic rings. The van der Waals surface area contributed by atoms with Crippen molar-refractivity contribution in [1.29, 1.82) is 0 Å². The van der Waals surface area contributed by atoms with Gasteiger partial charge in [-0.25, -0.2) is 4.79 Å². The molecule has 0 aromatic heterocycles. The van der Waals surface area contributed by atoms with Crippen molar-refractivity contribution in [2.75, 3.05) is 13.1 Å². The van der Waals surface area contributed by atoms with Crippen molar-refractivity contribution in [3.05, 3.63) is 33.4 Å². The molecule has 0 N–H and O–H groups in total. The maximum Gasteiger partial charge on any atom is 0.410 e. The summed E-state index contributed by atoms with van der Waals surface area (Å²) in [5, 5.41) is 0. The summed E-state index contributed by atoms with van der Waals surface area (Å²) in [6.07, 6.45) is -0.146. The quantitative estimate of drug-likeness (QED) is 0.744. The fourth-order valence-electron chi connectivity index (χ4n) is 1.86. The number of hydrogen-bond acceptors (Lipinski definition) is 3. The Balaban J connectivity index is 1.71. The average Bonchev–Trinajstić information content (AvgIpc) is 2.24. The van der Waals surface area contributed by atoms with Crippen molar-refractivity contribution >= 4 is 28.7 Å². The molecule has 1 saturated heterocycles. The highest BCUT2D eigenvalue weighted by Gasteiger charge is 2.34. The molecular formula is C15H20INO3. The smallest absolute Gasteiger partial charge is 0.410 e. The first-order valence-electron chi connectivity index (χ1n) is 6.67. The Bertz CT molecular complexity index is 478. The zero-order chi connectivity index (χ0) is 14.8. The fraction of sp³-hybridized carbons (Fsp3) is 0.533. The number of carbonyl (C=O) groups excluding carboxylic acids is 1. The van der Waals surface area contributed by atoms with Crippen molar-refractivity contribution in [3.8, 4) is 0 Å². The van der Waals surface area contributed by atoms with E-state index in [-0.39, 0.29) is 12.2 Å². The van der Waals surface area contributed by atoms with Crippen LogP contribution in [0.1, 0.15) is 26.3 Å². The molecular weight excluding hydrogens is 369 g/mol. The van der Waals surface area contributed by atoms with Crippen LogP contribution in [-0.4, -0.2) is 35.8 Å². The van der Waals surface area contributed by atoms with Crippen molar-refractivity contribution in [3.63, 3.8) is 0 Å². The van der Waals surface area contributed by atoms with Crippen LogP contribution in [-0.2, 0) is 16.1 Å². The highest BCUT2D eigenvalue weighted by molar-refractivity contribution is 14.1. The number of hydrogen-bond donors (Lipinski definition) is 0. The Hall–Kier alpha value is -0.820. The molecule has 0 aliphatic carbocycles. The van der Waals surface area contributed by atoms with E-state index in [4.69, 9.17) is 9.47 Å². The number of carbonyl (C=O) groups is 1. The van der Waals surface area contributed by atoms with Crippen LogP contribution in [0.25, 0.3) is 0 Å². The molecule has 1 aromatic carbocycles. The van der Waals surface area contributed by atoms with Crippen LogP contribution < -0.4 is 0 Å². The third-order valence-corrected chi connectivity index (χ3v) is 3.55. The lowest BCUT2D eigenvalue weighted by molar-refractivity contribution is -0.0691. The van der Waals surface area contributed by atoms with Crippen molar-refractivity contribution < 1.29 is 14.3 Å². The summed E-state index contributed by atoms with van der Waals surface area (Å²) in [7, 11) is 0. The molecule has 20 heavy (non-hydrogen) atoms. The van der Waals surface area contributed by atoms with Gasteiger partial charge in [-0.15, -0.1) is 0 Å². The van der Waals surface area contributed by atoms with Gasteiger partial charge in [-0.1, -0.05) is 12.1 Å². The molecule has 1 heterocycles. The second-order valence-corrected chi connectivity index (χ2v) is 7.19. The number of benzene rings is 1. The van der Waals surface area contributed by atoms with Gasteiger partial charge in [-0.05, 0) is 61.1 Å². The summed E-state index contributed by atoms with van der Waals surface area (Å²) in [5.74, 6) is 0. The fourth-order valence-corrected chi connectivity index (χ4v) is 2.47. The Kier molecular flexibility index (Phi) is 4.90. The van der Waals surface area contributed by atoms with Crippen LogP contribution >= 0.6 is 22.6 Å². The van der Waals surface area contributed by atoms with Gasteiger partial charge in [-0.2, -0.15) is 0 Å². The molecule has 0 atom stereocenters. The second-order valence-electron chi connectivity index (χ2n) is 5.95. The Labute approximate surface area is 133 Å². The summed E-state index contributed by atoms with van der Waals surface area (Å²) in [5.41, 5.74) is 0.719. The summed E-state index contributed by atoms with van der Waals surface area (Å²) >= 11 is 2.28. The van der Waals surface area contributed by atoms with E-state index >= 15 is 0 Å². The van der Waals surface area contributed by atoms with Crippen LogP contribution in [0.2, 0.25) is 0 Å². The molecule has 2 rings (SSSR count). The van der Waals surface area contributed by atoms with E-state index < -0.39 is 5.60 Å². The van der Waals surface area contributed by atoms with E-state index in [1.165, 1.54) is 3.57 Å². The minimum atomic E-state index is -0.441. The van der Waals surface area contributed by atoms with Gasteiger partial charge < -0.3 is 14.4 Å². The van der Waals surface area contributed by atoms with Crippen molar-refractivity contribution in [1.82, 2.24) is 4.90 Å². The second kappa shape index (κ2) is 6.30. The molecule has 0 spiro atoms. The van der Waals surface area contributed by atoms with E-state index in [0.717, 1.165) is 5.56 Å². The first-order valence-corrected chi connectivity index (χ1v) is 7.75. The SMILES string of the molecule is CC(C)(C)OC(=O)N1CC(OCc2cccc(I)c2)C1. The predicted molar refractivity (Wildman–Crippen MR) is 85.5 cm³/mol. The van der Waals surface area contributed by atoms with Gasteiger partial charge in [0.05, 0.1) is 25.8 Å². The molecule has 1 fully saturated rings. The standard InChI is InChI=1S/C15H20INO3/c1-15(2,3)20-14(18)17-8-13(9-17)19-10-11-5-4-6-12(16)7-11/h4-7,13H,8-10H2,1-3H3. The van der Waals surface area contributed by atoms with Gasteiger partial charge in [0.15, 0.2) is 0 Å².